The zero-order chi connectivity index (χ0) is 35.6. The van der Waals surface area contributed by atoms with E-state index in [-0.39, 0.29) is 49.0 Å². The van der Waals surface area contributed by atoms with Crippen molar-refractivity contribution in [3.05, 3.63) is 29.3 Å². The fourth-order valence-corrected chi connectivity index (χ4v) is 10.2. The number of rotatable bonds is 5. The first-order valence-electron chi connectivity index (χ1n) is 15.3. The van der Waals surface area contributed by atoms with Gasteiger partial charge in [-0.1, -0.05) is 6.92 Å². The standard InChI is InChI=1S/C26H36N10O11P2S/c1-26-6-12(35-10-31-16-20(27)29-9-30-21(16)35)13(37)5-15(26)46-49(40,50-4)43-7-14-18(41-2)19(47-48(39,42-3)44-8-26)24(45-14)36-11-32-17-22(36)33-25(28)34-23(17)38/h9-15,18-19,24,37H,5-8H2,1-4H3,(H2,27,29,30)(H3,28,33,34,38)/t12-,13-,14-,15+,18-,19-,24-,26-,48?,49-/m1/s1. The zero-order valence-electron chi connectivity index (χ0n) is 27.2. The first kappa shape index (κ1) is 35.4. The van der Waals surface area contributed by atoms with Crippen LogP contribution < -0.4 is 17.0 Å². The molecule has 272 valence electrons. The molecule has 24 heteroatoms. The van der Waals surface area contributed by atoms with Crippen LogP contribution in [0, 0.1) is 5.41 Å². The molecule has 0 spiro atoms. The minimum absolute atomic E-state index is 0.0227. The molecule has 0 amide bonds. The number of aliphatic hydroxyl groups is 1. The van der Waals surface area contributed by atoms with Gasteiger partial charge in [-0.15, -0.1) is 0 Å². The van der Waals surface area contributed by atoms with E-state index in [0.717, 1.165) is 18.5 Å². The molecule has 7 rings (SSSR count). The molecule has 50 heavy (non-hydrogen) atoms. The molecule has 0 aromatic carbocycles. The summed E-state index contributed by atoms with van der Waals surface area (Å²) in [7, 11) is -1.92. The van der Waals surface area contributed by atoms with Crippen molar-refractivity contribution < 1.29 is 46.3 Å². The van der Waals surface area contributed by atoms with E-state index in [2.05, 4.69) is 29.9 Å². The van der Waals surface area contributed by atoms with Crippen molar-refractivity contribution in [3.8, 4) is 0 Å². The third-order valence-corrected chi connectivity index (χ3v) is 14.0. The van der Waals surface area contributed by atoms with Gasteiger partial charge in [-0.2, -0.15) is 4.98 Å². The average molecular weight is 759 g/mol. The fraction of sp³-hybridized carbons (Fsp3) is 0.615. The van der Waals surface area contributed by atoms with Crippen LogP contribution in [0.3, 0.4) is 0 Å². The molecule has 3 fully saturated rings. The van der Waals surface area contributed by atoms with Crippen molar-refractivity contribution in [2.24, 2.45) is 5.41 Å². The maximum Gasteiger partial charge on any atom is 0.475 e. The number of ether oxygens (including phenoxy) is 2. The molecule has 6 N–H and O–H groups in total. The lowest BCUT2D eigenvalue weighted by Gasteiger charge is -2.47. The van der Waals surface area contributed by atoms with Crippen LogP contribution in [0.4, 0.5) is 11.8 Å². The molecule has 1 saturated carbocycles. The van der Waals surface area contributed by atoms with Gasteiger partial charge < -0.3 is 30.6 Å². The molecule has 1 unspecified atom stereocenters. The molecule has 6 heterocycles. The Kier molecular flexibility index (Phi) is 9.34. The number of aromatic nitrogens is 8. The number of aliphatic hydroxyl groups excluding tert-OH is 1. The van der Waals surface area contributed by atoms with Gasteiger partial charge in [0.1, 0.15) is 30.2 Å². The number of hydrogen-bond acceptors (Lipinski definition) is 19. The second-order valence-corrected chi connectivity index (χ2v) is 18.2. The minimum atomic E-state index is -4.46. The Hall–Kier alpha value is -3.01. The van der Waals surface area contributed by atoms with E-state index in [1.807, 2.05) is 0 Å². The maximum absolute atomic E-state index is 14.3. The number of nitrogens with two attached hydrogens (primary N) is 2. The molecule has 3 aliphatic rings. The second-order valence-electron chi connectivity index (χ2n) is 12.3. The quantitative estimate of drug-likeness (QED) is 0.211. The zero-order valence-corrected chi connectivity index (χ0v) is 29.8. The Balaban J connectivity index is 1.27. The van der Waals surface area contributed by atoms with Gasteiger partial charge in [0, 0.05) is 26.1 Å². The van der Waals surface area contributed by atoms with Gasteiger partial charge in [-0.25, -0.2) is 29.1 Å². The summed E-state index contributed by atoms with van der Waals surface area (Å²) in [6.45, 7) is -2.82. The van der Waals surface area contributed by atoms with E-state index in [9.17, 15) is 19.0 Å². The number of fused-ring (bicyclic) bond motifs is 5. The number of imidazole rings is 2. The number of nitrogens with zero attached hydrogens (tertiary/aromatic N) is 7. The Morgan fingerprint density at radius 3 is 2.58 bits per heavy atom. The molecular weight excluding hydrogens is 722 g/mol. The normalized spacial score (nSPS) is 36.9. The highest BCUT2D eigenvalue weighted by atomic mass is 32.7. The predicted molar refractivity (Wildman–Crippen MR) is 177 cm³/mol. The SMILES string of the molecule is CO[C@H]1[C@H]2OP(=O)(OC)OC[C@@]3(C)C[C@@H](n4cnc5c(N)ncnc54)[C@H](O)C[C@@H]3O[P@](=O)(SC)OC[C@H]1O[C@H]2n1cnc2c(=O)[nH]c(N)nc21. The van der Waals surface area contributed by atoms with Gasteiger partial charge in [-0.05, 0) is 24.1 Å². The van der Waals surface area contributed by atoms with Crippen LogP contribution in [0.5, 0.6) is 0 Å². The summed E-state index contributed by atoms with van der Waals surface area (Å²) in [5.41, 5.74) is 10.9. The van der Waals surface area contributed by atoms with Gasteiger partial charge in [0.2, 0.25) is 5.95 Å². The molecule has 10 atom stereocenters. The van der Waals surface area contributed by atoms with Crippen molar-refractivity contribution >= 4 is 60.1 Å². The molecule has 2 bridgehead atoms. The summed E-state index contributed by atoms with van der Waals surface area (Å²) in [5, 5.41) is 11.5. The maximum atomic E-state index is 14.3. The largest absolute Gasteiger partial charge is 0.475 e. The minimum Gasteiger partial charge on any atom is -0.391 e. The van der Waals surface area contributed by atoms with E-state index in [4.69, 9.17) is 43.6 Å². The predicted octanol–water partition coefficient (Wildman–Crippen LogP) is 1.78. The van der Waals surface area contributed by atoms with E-state index < -0.39 is 68.4 Å². The molecule has 4 aromatic rings. The fourth-order valence-electron chi connectivity index (χ4n) is 6.67. The van der Waals surface area contributed by atoms with Crippen LogP contribution in [0.15, 0.2) is 23.8 Å². The number of H-pyrrole nitrogens is 1. The van der Waals surface area contributed by atoms with E-state index in [1.54, 1.807) is 17.7 Å². The smallest absolute Gasteiger partial charge is 0.391 e. The number of methoxy groups -OCH3 is 1. The Labute approximate surface area is 287 Å². The molecule has 1 aliphatic carbocycles. The molecule has 4 aromatic heterocycles. The molecule has 0 radical (unpaired) electrons. The van der Waals surface area contributed by atoms with Crippen molar-refractivity contribution in [3.63, 3.8) is 0 Å². The summed E-state index contributed by atoms with van der Waals surface area (Å²) in [6, 6.07) is -0.639. The van der Waals surface area contributed by atoms with E-state index >= 15 is 0 Å². The van der Waals surface area contributed by atoms with Crippen LogP contribution in [0.2, 0.25) is 0 Å². The average Bonchev–Trinajstić information content (AvgIpc) is 3.80. The van der Waals surface area contributed by atoms with Crippen molar-refractivity contribution in [1.29, 1.82) is 0 Å². The lowest BCUT2D eigenvalue weighted by atomic mass is 9.70. The number of phosphoric ester groups is 1. The monoisotopic (exact) mass is 758 g/mol. The third-order valence-electron chi connectivity index (χ3n) is 9.28. The number of anilines is 2. The molecule has 2 saturated heterocycles. The summed E-state index contributed by atoms with van der Waals surface area (Å²) in [5.74, 6) is 0.00102. The van der Waals surface area contributed by atoms with Crippen LogP contribution in [0.25, 0.3) is 22.3 Å². The third kappa shape index (κ3) is 6.15. The highest BCUT2D eigenvalue weighted by molar-refractivity contribution is 8.54. The first-order chi connectivity index (χ1) is 23.8. The van der Waals surface area contributed by atoms with Crippen molar-refractivity contribution in [1.82, 2.24) is 39.0 Å². The summed E-state index contributed by atoms with van der Waals surface area (Å²) < 4.78 is 73.4. The summed E-state index contributed by atoms with van der Waals surface area (Å²) in [4.78, 5) is 35.9. The lowest BCUT2D eigenvalue weighted by molar-refractivity contribution is -0.0934. The molecular formula is C26H36N10O11P2S. The van der Waals surface area contributed by atoms with Crippen LogP contribution >= 0.6 is 26.0 Å². The van der Waals surface area contributed by atoms with E-state index in [0.29, 0.717) is 11.2 Å². The molecule has 2 aliphatic heterocycles. The van der Waals surface area contributed by atoms with E-state index in [1.165, 1.54) is 30.7 Å². The van der Waals surface area contributed by atoms with Gasteiger partial charge in [0.05, 0.1) is 44.1 Å². The van der Waals surface area contributed by atoms with Gasteiger partial charge in [0.15, 0.2) is 28.9 Å². The number of hydrogen-bond donors (Lipinski definition) is 4. The number of aromatic amines is 1. The Bertz CT molecular complexity index is 2070. The number of nitrogens with one attached hydrogen (secondary N) is 1. The highest BCUT2D eigenvalue weighted by Gasteiger charge is 2.55. The van der Waals surface area contributed by atoms with Crippen LogP contribution in [-0.4, -0.2) is 108 Å². The first-order valence-corrected chi connectivity index (χ1v) is 20.1. The number of phosphoric acid groups is 1. The lowest BCUT2D eigenvalue weighted by Crippen LogP contribution is -2.49. The van der Waals surface area contributed by atoms with Gasteiger partial charge >= 0.3 is 14.6 Å². The van der Waals surface area contributed by atoms with Crippen LogP contribution in [0.1, 0.15) is 32.0 Å². The highest BCUT2D eigenvalue weighted by Crippen LogP contribution is 2.64. The van der Waals surface area contributed by atoms with Gasteiger partial charge in [0.25, 0.3) is 5.56 Å². The summed E-state index contributed by atoms with van der Waals surface area (Å²) >= 11 is 0.863. The summed E-state index contributed by atoms with van der Waals surface area (Å²) in [6.07, 6.45) is -0.584. The Morgan fingerprint density at radius 1 is 1.08 bits per heavy atom. The van der Waals surface area contributed by atoms with Gasteiger partial charge in [-0.3, -0.25) is 37.0 Å². The van der Waals surface area contributed by atoms with Crippen molar-refractivity contribution in [2.75, 3.05) is 45.2 Å². The number of nitrogen functional groups attached to an aromatic ring is 2. The Morgan fingerprint density at radius 2 is 1.84 bits per heavy atom. The molecule has 21 nitrogen and oxygen atoms in total. The van der Waals surface area contributed by atoms with Crippen LogP contribution in [-0.2, 0) is 41.2 Å². The topological polar surface area (TPSA) is 278 Å². The second kappa shape index (κ2) is 13.2. The van der Waals surface area contributed by atoms with Crippen molar-refractivity contribution in [2.45, 2.75) is 62.6 Å².